The predicted molar refractivity (Wildman–Crippen MR) is 136 cm³/mol. The summed E-state index contributed by atoms with van der Waals surface area (Å²) in [4.78, 5) is 30.6. The predicted octanol–water partition coefficient (Wildman–Crippen LogP) is 5.38. The highest BCUT2D eigenvalue weighted by molar-refractivity contribution is 6.19. The van der Waals surface area contributed by atoms with E-state index in [4.69, 9.17) is 9.47 Å². The normalized spacial score (nSPS) is 11.5. The average Bonchev–Trinajstić information content (AvgIpc) is 3.25. The van der Waals surface area contributed by atoms with Gasteiger partial charge < -0.3 is 19.4 Å². The number of fused-ring (bicyclic) bond motifs is 1. The van der Waals surface area contributed by atoms with Crippen LogP contribution in [-0.4, -0.2) is 46.9 Å². The number of Topliss-reactive ketones (excluding diaryl/α,β-unsaturated/α-hetero) is 1. The lowest BCUT2D eigenvalue weighted by molar-refractivity contribution is -0.137. The molecule has 182 valence electrons. The van der Waals surface area contributed by atoms with Crippen LogP contribution in [0.2, 0.25) is 0 Å². The van der Waals surface area contributed by atoms with Crippen LogP contribution in [0.15, 0.2) is 54.2 Å². The largest absolute Gasteiger partial charge is 0.490 e. The number of hydrogen-bond acceptors (Lipinski definition) is 5. The molecule has 1 aromatic heterocycles. The minimum atomic E-state index is -0.365. The van der Waals surface area contributed by atoms with Crippen molar-refractivity contribution in [2.75, 3.05) is 13.2 Å². The van der Waals surface area contributed by atoms with Gasteiger partial charge in [0.2, 0.25) is 5.78 Å². The monoisotopic (exact) mass is 473 g/mol. The van der Waals surface area contributed by atoms with Crippen molar-refractivity contribution in [3.63, 3.8) is 0 Å². The first-order chi connectivity index (χ1) is 16.8. The maximum Gasteiger partial charge on any atom is 0.260 e. The number of rotatable bonds is 10. The summed E-state index contributed by atoms with van der Waals surface area (Å²) in [5.74, 6) is 0.381. The summed E-state index contributed by atoms with van der Waals surface area (Å²) in [5.41, 5.74) is 1.89. The second kappa shape index (κ2) is 11.4. The molecule has 1 N–H and O–H groups in total. The molecule has 0 saturated carbocycles. The molecule has 0 spiro atoms. The molecule has 0 atom stereocenters. The number of nitrogens with zero attached hydrogens (tertiary/aromatic N) is 2. The van der Waals surface area contributed by atoms with Crippen molar-refractivity contribution in [3.05, 3.63) is 65.4 Å². The Morgan fingerprint density at radius 2 is 1.77 bits per heavy atom. The highest BCUT2D eigenvalue weighted by atomic mass is 16.5. The van der Waals surface area contributed by atoms with E-state index in [2.05, 4.69) is 4.98 Å². The quantitative estimate of drug-likeness (QED) is 0.242. The van der Waals surface area contributed by atoms with Crippen molar-refractivity contribution in [3.8, 4) is 17.6 Å². The average molecular weight is 474 g/mol. The highest BCUT2D eigenvalue weighted by Crippen LogP contribution is 2.30. The minimum Gasteiger partial charge on any atom is -0.490 e. The molecule has 7 heteroatoms. The Hall–Kier alpha value is -4.05. The molecule has 35 heavy (non-hydrogen) atoms. The number of ether oxygens (including phenoxy) is 2. The Kier molecular flexibility index (Phi) is 8.32. The number of aromatic amines is 1. The molecule has 7 nitrogen and oxygen atoms in total. The lowest BCUT2D eigenvalue weighted by atomic mass is 10.0. The standard InChI is InChI=1S/C28H31N3O4/c1-6-34-26-14-20(11-12-25(26)35-17-27(32)31(18(2)3)19(4)5)13-21(15-29)28(33)23-16-30-24-10-8-7-9-22(23)24/h7-14,16,18-19,30H,6,17H2,1-5H3/b21-13+. The van der Waals surface area contributed by atoms with Gasteiger partial charge in [-0.25, -0.2) is 0 Å². The fourth-order valence-electron chi connectivity index (χ4n) is 4.11. The molecule has 0 bridgehead atoms. The Morgan fingerprint density at radius 1 is 1.06 bits per heavy atom. The zero-order chi connectivity index (χ0) is 25.5. The molecule has 0 unspecified atom stereocenters. The zero-order valence-corrected chi connectivity index (χ0v) is 20.8. The number of aromatic nitrogens is 1. The van der Waals surface area contributed by atoms with Crippen LogP contribution in [0.4, 0.5) is 0 Å². The molecule has 1 heterocycles. The van der Waals surface area contributed by atoms with Crippen molar-refractivity contribution in [1.29, 1.82) is 5.26 Å². The Morgan fingerprint density at radius 3 is 2.43 bits per heavy atom. The van der Waals surface area contributed by atoms with E-state index in [1.165, 1.54) is 6.08 Å². The fourth-order valence-corrected chi connectivity index (χ4v) is 4.11. The third-order valence-electron chi connectivity index (χ3n) is 5.53. The van der Waals surface area contributed by atoms with Crippen LogP contribution in [0.3, 0.4) is 0 Å². The van der Waals surface area contributed by atoms with Gasteiger partial charge >= 0.3 is 0 Å². The lowest BCUT2D eigenvalue weighted by Gasteiger charge is -2.30. The summed E-state index contributed by atoms with van der Waals surface area (Å²) < 4.78 is 11.5. The van der Waals surface area contributed by atoms with Crippen LogP contribution in [0.1, 0.15) is 50.5 Å². The molecule has 3 rings (SSSR count). The van der Waals surface area contributed by atoms with Gasteiger partial charge in [0.05, 0.1) is 6.61 Å². The number of carbonyl (C=O) groups is 2. The number of hydrogen-bond donors (Lipinski definition) is 1. The Balaban J connectivity index is 1.84. The number of allylic oxidation sites excluding steroid dienone is 1. The van der Waals surface area contributed by atoms with Crippen LogP contribution in [0.25, 0.3) is 17.0 Å². The van der Waals surface area contributed by atoms with Crippen LogP contribution < -0.4 is 9.47 Å². The second-order valence-corrected chi connectivity index (χ2v) is 8.66. The fraction of sp³-hybridized carbons (Fsp3) is 0.321. The summed E-state index contributed by atoms with van der Waals surface area (Å²) in [6.07, 6.45) is 3.15. The van der Waals surface area contributed by atoms with E-state index < -0.39 is 0 Å². The van der Waals surface area contributed by atoms with Crippen LogP contribution >= 0.6 is 0 Å². The van der Waals surface area contributed by atoms with Crippen molar-refractivity contribution < 1.29 is 19.1 Å². The molecule has 0 aliphatic rings. The lowest BCUT2D eigenvalue weighted by Crippen LogP contribution is -2.44. The molecule has 0 aliphatic carbocycles. The molecule has 3 aromatic rings. The van der Waals surface area contributed by atoms with Gasteiger partial charge in [0, 0.05) is 34.7 Å². The van der Waals surface area contributed by atoms with Gasteiger partial charge in [-0.1, -0.05) is 24.3 Å². The topological polar surface area (TPSA) is 95.4 Å². The number of nitrogens with one attached hydrogen (secondary N) is 1. The molecule has 0 fully saturated rings. The highest BCUT2D eigenvalue weighted by Gasteiger charge is 2.21. The SMILES string of the molecule is CCOc1cc(/C=C(\C#N)C(=O)c2c[nH]c3ccccc23)ccc1OCC(=O)N(C(C)C)C(C)C. The number of ketones is 1. The third-order valence-corrected chi connectivity index (χ3v) is 5.53. The van der Waals surface area contributed by atoms with E-state index in [0.29, 0.717) is 29.2 Å². The summed E-state index contributed by atoms with van der Waals surface area (Å²) >= 11 is 0. The Labute approximate surface area is 206 Å². The zero-order valence-electron chi connectivity index (χ0n) is 20.8. The first-order valence-corrected chi connectivity index (χ1v) is 11.7. The van der Waals surface area contributed by atoms with Gasteiger partial charge in [0.1, 0.15) is 11.6 Å². The van der Waals surface area contributed by atoms with E-state index >= 15 is 0 Å². The first kappa shape index (κ1) is 25.6. The number of amides is 1. The van der Waals surface area contributed by atoms with Crippen LogP contribution in [0.5, 0.6) is 11.5 Å². The van der Waals surface area contributed by atoms with Crippen LogP contribution in [-0.2, 0) is 4.79 Å². The molecule has 2 aromatic carbocycles. The Bertz CT molecular complexity index is 1270. The van der Waals surface area contributed by atoms with Gasteiger partial charge in [0.25, 0.3) is 5.91 Å². The molecule has 0 aliphatic heterocycles. The van der Waals surface area contributed by atoms with Gasteiger partial charge in [0.15, 0.2) is 18.1 Å². The van der Waals surface area contributed by atoms with E-state index in [1.807, 2.05) is 65.0 Å². The maximum absolute atomic E-state index is 13.1. The number of nitriles is 1. The molecule has 0 saturated heterocycles. The number of H-pyrrole nitrogens is 1. The van der Waals surface area contributed by atoms with Crippen LogP contribution in [0, 0.1) is 11.3 Å². The molecular formula is C28H31N3O4. The van der Waals surface area contributed by atoms with Gasteiger partial charge in [-0.2, -0.15) is 5.26 Å². The number of carbonyl (C=O) groups excluding carboxylic acids is 2. The van der Waals surface area contributed by atoms with E-state index in [-0.39, 0.29) is 36.0 Å². The van der Waals surface area contributed by atoms with Gasteiger partial charge in [-0.15, -0.1) is 0 Å². The van der Waals surface area contributed by atoms with Gasteiger partial charge in [-0.3, -0.25) is 9.59 Å². The van der Waals surface area contributed by atoms with E-state index in [9.17, 15) is 14.9 Å². The molecule has 1 amide bonds. The summed E-state index contributed by atoms with van der Waals surface area (Å²) in [5, 5.41) is 10.5. The van der Waals surface area contributed by atoms with Crippen molar-refractivity contribution in [2.24, 2.45) is 0 Å². The van der Waals surface area contributed by atoms with Gasteiger partial charge in [-0.05, 0) is 64.5 Å². The second-order valence-electron chi connectivity index (χ2n) is 8.66. The van der Waals surface area contributed by atoms with Crippen molar-refractivity contribution in [1.82, 2.24) is 9.88 Å². The smallest absolute Gasteiger partial charge is 0.260 e. The first-order valence-electron chi connectivity index (χ1n) is 11.7. The maximum atomic E-state index is 13.1. The minimum absolute atomic E-state index is 0.00514. The van der Waals surface area contributed by atoms with E-state index in [0.717, 1.165) is 10.9 Å². The van der Waals surface area contributed by atoms with Crippen molar-refractivity contribution >= 4 is 28.7 Å². The third kappa shape index (κ3) is 5.90. The summed E-state index contributed by atoms with van der Waals surface area (Å²) in [7, 11) is 0. The summed E-state index contributed by atoms with van der Waals surface area (Å²) in [6, 6.07) is 14.7. The number of para-hydroxylation sites is 1. The van der Waals surface area contributed by atoms with E-state index in [1.54, 1.807) is 29.3 Å². The number of benzene rings is 2. The molecular weight excluding hydrogens is 442 g/mol. The molecule has 0 radical (unpaired) electrons. The summed E-state index contributed by atoms with van der Waals surface area (Å²) in [6.45, 7) is 9.99. The van der Waals surface area contributed by atoms with Crippen molar-refractivity contribution in [2.45, 2.75) is 46.7 Å².